The van der Waals surface area contributed by atoms with Crippen LogP contribution in [0.15, 0.2) is 71.6 Å². The number of rotatable bonds is 9. The maximum absolute atomic E-state index is 13.5. The van der Waals surface area contributed by atoms with Crippen molar-refractivity contribution in [2.45, 2.75) is 32.1 Å². The molecule has 0 heterocycles. The molecule has 0 saturated heterocycles. The summed E-state index contributed by atoms with van der Waals surface area (Å²) in [5, 5.41) is 2.85. The molecule has 1 N–H and O–H groups in total. The Morgan fingerprint density at radius 3 is 2.30 bits per heavy atom. The van der Waals surface area contributed by atoms with Crippen LogP contribution in [-0.2, 0) is 21.2 Å². The minimum absolute atomic E-state index is 0.133. The Morgan fingerprint density at radius 2 is 1.67 bits per heavy atom. The summed E-state index contributed by atoms with van der Waals surface area (Å²) in [7, 11) is -2.36. The molecule has 7 heteroatoms. The summed E-state index contributed by atoms with van der Waals surface area (Å²) in [6.45, 7) is 5.57. The molecule has 1 amide bonds. The van der Waals surface area contributed by atoms with E-state index in [4.69, 9.17) is 4.74 Å². The number of carbonyl (C=O) groups is 1. The Hall–Kier alpha value is -3.16. The predicted octanol–water partition coefficient (Wildman–Crippen LogP) is 4.49. The van der Waals surface area contributed by atoms with Gasteiger partial charge in [-0.2, -0.15) is 4.31 Å². The first kappa shape index (κ1) is 24.5. The van der Waals surface area contributed by atoms with Crippen LogP contribution >= 0.6 is 0 Å². The second-order valence-electron chi connectivity index (χ2n) is 8.07. The first-order valence-electron chi connectivity index (χ1n) is 10.8. The average molecular weight is 467 g/mol. The number of nitrogens with zero attached hydrogens (tertiary/aromatic N) is 1. The first-order valence-corrected chi connectivity index (χ1v) is 12.2. The summed E-state index contributed by atoms with van der Waals surface area (Å²) >= 11 is 0. The van der Waals surface area contributed by atoms with Crippen molar-refractivity contribution in [1.82, 2.24) is 4.31 Å². The number of anilines is 1. The van der Waals surface area contributed by atoms with Gasteiger partial charge >= 0.3 is 0 Å². The van der Waals surface area contributed by atoms with Gasteiger partial charge in [0.1, 0.15) is 5.75 Å². The Labute approximate surface area is 196 Å². The largest absolute Gasteiger partial charge is 0.496 e. The van der Waals surface area contributed by atoms with Gasteiger partial charge in [-0.25, -0.2) is 8.42 Å². The highest BCUT2D eigenvalue weighted by Gasteiger charge is 2.27. The van der Waals surface area contributed by atoms with E-state index < -0.39 is 10.0 Å². The number of sulfonamides is 1. The summed E-state index contributed by atoms with van der Waals surface area (Å²) in [6.07, 6.45) is 0.492. The van der Waals surface area contributed by atoms with Crippen molar-refractivity contribution in [2.75, 3.05) is 25.5 Å². The van der Waals surface area contributed by atoms with E-state index in [0.29, 0.717) is 23.4 Å². The molecule has 0 atom stereocenters. The molecule has 174 valence electrons. The normalized spacial score (nSPS) is 11.4. The monoisotopic (exact) mass is 466 g/mol. The van der Waals surface area contributed by atoms with E-state index in [1.807, 2.05) is 62.4 Å². The number of amides is 1. The maximum Gasteiger partial charge on any atom is 0.243 e. The number of methoxy groups -OCH3 is 1. The Balaban J connectivity index is 1.86. The number of ether oxygens (including phenoxy) is 1. The van der Waals surface area contributed by atoms with Gasteiger partial charge in [-0.15, -0.1) is 0 Å². The zero-order chi connectivity index (χ0) is 24.0. The molecule has 0 aliphatic carbocycles. The van der Waals surface area contributed by atoms with Crippen molar-refractivity contribution in [3.05, 3.63) is 89.0 Å². The number of aryl methyl sites for hydroxylation is 3. The number of nitrogens with one attached hydrogen (secondary N) is 1. The van der Waals surface area contributed by atoms with Gasteiger partial charge in [-0.1, -0.05) is 48.0 Å². The highest BCUT2D eigenvalue weighted by Crippen LogP contribution is 2.24. The smallest absolute Gasteiger partial charge is 0.243 e. The molecule has 6 nitrogen and oxygen atoms in total. The number of hydrogen-bond donors (Lipinski definition) is 1. The topological polar surface area (TPSA) is 75.7 Å². The van der Waals surface area contributed by atoms with Crippen LogP contribution in [0.4, 0.5) is 5.69 Å². The third-order valence-electron chi connectivity index (χ3n) is 5.47. The quantitative estimate of drug-likeness (QED) is 0.504. The maximum atomic E-state index is 13.5. The summed E-state index contributed by atoms with van der Waals surface area (Å²) in [4.78, 5) is 13.0. The Morgan fingerprint density at radius 1 is 0.939 bits per heavy atom. The van der Waals surface area contributed by atoms with E-state index >= 15 is 0 Å². The van der Waals surface area contributed by atoms with Crippen LogP contribution < -0.4 is 10.1 Å². The molecule has 3 aromatic rings. The van der Waals surface area contributed by atoms with Gasteiger partial charge in [0, 0.05) is 12.2 Å². The second-order valence-corrected chi connectivity index (χ2v) is 10.0. The van der Waals surface area contributed by atoms with Crippen molar-refractivity contribution >= 4 is 21.6 Å². The van der Waals surface area contributed by atoms with Crippen molar-refractivity contribution in [3.8, 4) is 5.75 Å². The van der Waals surface area contributed by atoms with Crippen LogP contribution in [0.2, 0.25) is 0 Å². The molecule has 0 unspecified atom stereocenters. The third-order valence-corrected chi connectivity index (χ3v) is 7.31. The molecule has 0 aromatic heterocycles. The number of hydrogen-bond acceptors (Lipinski definition) is 4. The van der Waals surface area contributed by atoms with E-state index in [1.165, 1.54) is 10.4 Å². The van der Waals surface area contributed by atoms with Crippen LogP contribution in [-0.4, -0.2) is 38.8 Å². The van der Waals surface area contributed by atoms with Crippen molar-refractivity contribution in [3.63, 3.8) is 0 Å². The summed E-state index contributed by atoms with van der Waals surface area (Å²) in [5.41, 5.74) is 4.39. The first-order chi connectivity index (χ1) is 15.7. The van der Waals surface area contributed by atoms with Gasteiger partial charge in [-0.05, 0) is 68.1 Å². The molecule has 33 heavy (non-hydrogen) atoms. The lowest BCUT2D eigenvalue weighted by Crippen LogP contribution is -2.39. The minimum atomic E-state index is -3.91. The van der Waals surface area contributed by atoms with Gasteiger partial charge in [-0.3, -0.25) is 4.79 Å². The molecule has 0 spiro atoms. The molecule has 0 radical (unpaired) electrons. The lowest BCUT2D eigenvalue weighted by atomic mass is 10.1. The lowest BCUT2D eigenvalue weighted by Gasteiger charge is -2.23. The Kier molecular flexibility index (Phi) is 7.89. The lowest BCUT2D eigenvalue weighted by molar-refractivity contribution is -0.116. The van der Waals surface area contributed by atoms with E-state index in [0.717, 1.165) is 16.7 Å². The fourth-order valence-electron chi connectivity index (χ4n) is 3.65. The molecule has 0 fully saturated rings. The third kappa shape index (κ3) is 6.21. The van der Waals surface area contributed by atoms with Crippen LogP contribution in [0.25, 0.3) is 0 Å². The summed E-state index contributed by atoms with van der Waals surface area (Å²) < 4.78 is 33.5. The summed E-state index contributed by atoms with van der Waals surface area (Å²) in [5.74, 6) is 0.223. The fourth-order valence-corrected chi connectivity index (χ4v) is 5.13. The van der Waals surface area contributed by atoms with Gasteiger partial charge in [0.15, 0.2) is 0 Å². The van der Waals surface area contributed by atoms with Crippen LogP contribution in [0.3, 0.4) is 0 Å². The van der Waals surface area contributed by atoms with Crippen LogP contribution in [0.5, 0.6) is 5.75 Å². The standard InChI is InChI=1S/C26H30N2O4S/c1-19-10-12-24(20(2)16-19)27-26(29)18-28(15-14-22-8-6-5-7-9-22)33(30,31)23-11-13-25(32-4)21(3)17-23/h5-13,16-17H,14-15,18H2,1-4H3,(H,27,29). The van der Waals surface area contributed by atoms with Crippen LogP contribution in [0, 0.1) is 20.8 Å². The molecule has 0 saturated carbocycles. The summed E-state index contributed by atoms with van der Waals surface area (Å²) in [6, 6.07) is 20.1. The Bertz CT molecular complexity index is 1220. The zero-order valence-electron chi connectivity index (χ0n) is 19.5. The minimum Gasteiger partial charge on any atom is -0.496 e. The van der Waals surface area contributed by atoms with E-state index in [1.54, 1.807) is 26.2 Å². The van der Waals surface area contributed by atoms with Crippen molar-refractivity contribution in [2.24, 2.45) is 0 Å². The van der Waals surface area contributed by atoms with Crippen molar-refractivity contribution < 1.29 is 17.9 Å². The van der Waals surface area contributed by atoms with Gasteiger partial charge < -0.3 is 10.1 Å². The highest BCUT2D eigenvalue weighted by atomic mass is 32.2. The van der Waals surface area contributed by atoms with E-state index in [2.05, 4.69) is 5.32 Å². The molecule has 0 bridgehead atoms. The molecule has 3 aromatic carbocycles. The second kappa shape index (κ2) is 10.6. The average Bonchev–Trinajstić information content (AvgIpc) is 2.79. The van der Waals surface area contributed by atoms with Crippen molar-refractivity contribution in [1.29, 1.82) is 0 Å². The fraction of sp³-hybridized carbons (Fsp3) is 0.269. The van der Waals surface area contributed by atoms with Gasteiger partial charge in [0.05, 0.1) is 18.6 Å². The van der Waals surface area contributed by atoms with Gasteiger partial charge in [0.2, 0.25) is 15.9 Å². The molecule has 3 rings (SSSR count). The van der Waals surface area contributed by atoms with Crippen LogP contribution in [0.1, 0.15) is 22.3 Å². The van der Waals surface area contributed by atoms with Gasteiger partial charge in [0.25, 0.3) is 0 Å². The molecule has 0 aliphatic heterocycles. The van der Waals surface area contributed by atoms with E-state index in [9.17, 15) is 13.2 Å². The SMILES string of the molecule is COc1ccc(S(=O)(=O)N(CCc2ccccc2)CC(=O)Nc2ccc(C)cc2C)cc1C. The number of benzene rings is 3. The molecule has 0 aliphatic rings. The number of carbonyl (C=O) groups excluding carboxylic acids is 1. The molecular formula is C26H30N2O4S. The zero-order valence-corrected chi connectivity index (χ0v) is 20.3. The van der Waals surface area contributed by atoms with E-state index in [-0.39, 0.29) is 23.9 Å². The highest BCUT2D eigenvalue weighted by molar-refractivity contribution is 7.89. The molecular weight excluding hydrogens is 436 g/mol. The predicted molar refractivity (Wildman–Crippen MR) is 131 cm³/mol.